The summed E-state index contributed by atoms with van der Waals surface area (Å²) in [6, 6.07) is 6.54. The van der Waals surface area contributed by atoms with Gasteiger partial charge in [0.15, 0.2) is 0 Å². The monoisotopic (exact) mass is 302 g/mol. The lowest BCUT2D eigenvalue weighted by atomic mass is 10.0. The van der Waals surface area contributed by atoms with E-state index in [9.17, 15) is 9.59 Å². The maximum Gasteiger partial charge on any atom is 0.337 e. The third kappa shape index (κ3) is 3.28. The first-order chi connectivity index (χ1) is 10.6. The van der Waals surface area contributed by atoms with Gasteiger partial charge >= 0.3 is 12.0 Å². The Morgan fingerprint density at radius 2 is 2.00 bits per heavy atom. The van der Waals surface area contributed by atoms with Crippen LogP contribution in [0.25, 0.3) is 6.08 Å². The molecular formula is C16H18N2O4. The Balaban J connectivity index is 2.33. The van der Waals surface area contributed by atoms with E-state index in [4.69, 9.17) is 9.47 Å². The second-order valence-corrected chi connectivity index (χ2v) is 4.71. The zero-order chi connectivity index (χ0) is 16.1. The van der Waals surface area contributed by atoms with Crippen LogP contribution in [0.15, 0.2) is 41.6 Å². The van der Waals surface area contributed by atoms with Crippen molar-refractivity contribution in [1.29, 1.82) is 0 Å². The summed E-state index contributed by atoms with van der Waals surface area (Å²) in [7, 11) is 2.89. The van der Waals surface area contributed by atoms with Crippen molar-refractivity contribution in [2.24, 2.45) is 0 Å². The highest BCUT2D eigenvalue weighted by Crippen LogP contribution is 2.21. The molecule has 1 aliphatic heterocycles. The molecule has 2 rings (SSSR count). The highest BCUT2D eigenvalue weighted by atomic mass is 16.5. The molecule has 6 nitrogen and oxygen atoms in total. The van der Waals surface area contributed by atoms with E-state index >= 15 is 0 Å². The summed E-state index contributed by atoms with van der Waals surface area (Å²) in [6.07, 6.45) is 3.53. The lowest BCUT2D eigenvalue weighted by molar-refractivity contribution is -0.136. The van der Waals surface area contributed by atoms with Crippen LogP contribution >= 0.6 is 0 Å². The Morgan fingerprint density at radius 3 is 2.68 bits per heavy atom. The van der Waals surface area contributed by atoms with E-state index in [0.29, 0.717) is 17.0 Å². The fourth-order valence-electron chi connectivity index (χ4n) is 2.26. The van der Waals surface area contributed by atoms with Gasteiger partial charge in [0.2, 0.25) is 0 Å². The van der Waals surface area contributed by atoms with Crippen molar-refractivity contribution in [3.05, 3.63) is 47.2 Å². The van der Waals surface area contributed by atoms with Crippen LogP contribution in [0.1, 0.15) is 12.5 Å². The zero-order valence-corrected chi connectivity index (χ0v) is 12.7. The normalized spacial score (nSPS) is 18.0. The Bertz CT molecular complexity index is 649. The number of allylic oxidation sites excluding steroid dienone is 1. The molecule has 1 atom stereocenters. The summed E-state index contributed by atoms with van der Waals surface area (Å²) in [5.74, 6) is 0.221. The molecule has 116 valence electrons. The summed E-state index contributed by atoms with van der Waals surface area (Å²) in [4.78, 5) is 23.5. The minimum atomic E-state index is -0.564. The first kappa shape index (κ1) is 15.6. The topological polar surface area (TPSA) is 76.7 Å². The number of amides is 2. The van der Waals surface area contributed by atoms with E-state index in [0.717, 1.165) is 5.56 Å². The molecule has 1 heterocycles. The SMILES string of the molecule is COC(=O)C1=C(C)NC(=O)N[C@H]1/C=C\c1ccccc1OC. The molecule has 1 aromatic carbocycles. The standard InChI is InChI=1S/C16H18N2O4/c1-10-14(15(19)22-3)12(18-16(20)17-10)9-8-11-6-4-5-7-13(11)21-2/h4-9,12H,1-3H3,(H2,17,18,20)/b9-8-/t12-/m0/s1. The molecule has 1 aromatic rings. The van der Waals surface area contributed by atoms with Gasteiger partial charge in [-0.25, -0.2) is 9.59 Å². The van der Waals surface area contributed by atoms with Crippen LogP contribution < -0.4 is 15.4 Å². The summed E-state index contributed by atoms with van der Waals surface area (Å²) in [6.45, 7) is 1.66. The molecule has 0 aromatic heterocycles. The van der Waals surface area contributed by atoms with Crippen LogP contribution in [0.4, 0.5) is 4.79 Å². The van der Waals surface area contributed by atoms with Crippen molar-refractivity contribution >= 4 is 18.1 Å². The molecule has 2 amide bonds. The van der Waals surface area contributed by atoms with Gasteiger partial charge in [-0.1, -0.05) is 30.4 Å². The van der Waals surface area contributed by atoms with E-state index in [-0.39, 0.29) is 6.03 Å². The van der Waals surface area contributed by atoms with Crippen LogP contribution in [0.5, 0.6) is 5.75 Å². The third-order valence-electron chi connectivity index (χ3n) is 3.32. The second kappa shape index (κ2) is 6.80. The molecule has 0 spiro atoms. The Morgan fingerprint density at radius 1 is 1.27 bits per heavy atom. The molecule has 0 saturated carbocycles. The van der Waals surface area contributed by atoms with Gasteiger partial charge in [-0.15, -0.1) is 0 Å². The Kier molecular flexibility index (Phi) is 4.83. The van der Waals surface area contributed by atoms with Crippen molar-refractivity contribution in [3.8, 4) is 5.75 Å². The molecular weight excluding hydrogens is 284 g/mol. The number of methoxy groups -OCH3 is 2. The highest BCUT2D eigenvalue weighted by molar-refractivity contribution is 5.95. The van der Waals surface area contributed by atoms with Crippen LogP contribution in [-0.2, 0) is 9.53 Å². The van der Waals surface area contributed by atoms with Gasteiger partial charge in [0.1, 0.15) is 5.75 Å². The molecule has 2 N–H and O–H groups in total. The van der Waals surface area contributed by atoms with Crippen molar-refractivity contribution in [2.45, 2.75) is 13.0 Å². The van der Waals surface area contributed by atoms with Crippen LogP contribution in [-0.4, -0.2) is 32.3 Å². The van der Waals surface area contributed by atoms with E-state index in [1.165, 1.54) is 7.11 Å². The number of benzene rings is 1. The van der Waals surface area contributed by atoms with Gasteiger partial charge in [-0.2, -0.15) is 0 Å². The number of nitrogens with one attached hydrogen (secondary N) is 2. The number of para-hydroxylation sites is 1. The smallest absolute Gasteiger partial charge is 0.337 e. The predicted octanol–water partition coefficient (Wildman–Crippen LogP) is 1.84. The molecule has 0 fully saturated rings. The van der Waals surface area contributed by atoms with Crippen LogP contribution in [0.3, 0.4) is 0 Å². The van der Waals surface area contributed by atoms with Gasteiger partial charge in [-0.05, 0) is 13.0 Å². The van der Waals surface area contributed by atoms with Crippen LogP contribution in [0, 0.1) is 0 Å². The Hall–Kier alpha value is -2.76. The number of ether oxygens (including phenoxy) is 2. The highest BCUT2D eigenvalue weighted by Gasteiger charge is 2.28. The van der Waals surface area contributed by atoms with E-state index < -0.39 is 12.0 Å². The molecule has 6 heteroatoms. The minimum Gasteiger partial charge on any atom is -0.496 e. The molecule has 1 aliphatic rings. The number of carbonyl (C=O) groups is 2. The number of urea groups is 1. The summed E-state index contributed by atoms with van der Waals surface area (Å²) in [5.41, 5.74) is 1.69. The number of esters is 1. The number of rotatable bonds is 4. The summed E-state index contributed by atoms with van der Waals surface area (Å²) >= 11 is 0. The van der Waals surface area contributed by atoms with E-state index in [2.05, 4.69) is 10.6 Å². The first-order valence-electron chi connectivity index (χ1n) is 6.74. The van der Waals surface area contributed by atoms with E-state index in [1.54, 1.807) is 26.2 Å². The molecule has 0 saturated heterocycles. The zero-order valence-electron chi connectivity index (χ0n) is 12.7. The minimum absolute atomic E-state index is 0.361. The number of hydrogen-bond donors (Lipinski definition) is 2. The van der Waals surface area contributed by atoms with Crippen LogP contribution in [0.2, 0.25) is 0 Å². The van der Waals surface area contributed by atoms with E-state index in [1.807, 2.05) is 24.3 Å². The molecule has 0 aliphatic carbocycles. The largest absolute Gasteiger partial charge is 0.496 e. The van der Waals surface area contributed by atoms with Crippen molar-refractivity contribution < 1.29 is 19.1 Å². The van der Waals surface area contributed by atoms with Gasteiger partial charge < -0.3 is 20.1 Å². The van der Waals surface area contributed by atoms with Gasteiger partial charge in [0, 0.05) is 11.3 Å². The fraction of sp³-hybridized carbons (Fsp3) is 0.250. The van der Waals surface area contributed by atoms with Crippen molar-refractivity contribution in [1.82, 2.24) is 10.6 Å². The van der Waals surface area contributed by atoms with Gasteiger partial charge in [-0.3, -0.25) is 0 Å². The lowest BCUT2D eigenvalue weighted by Crippen LogP contribution is -2.49. The first-order valence-corrected chi connectivity index (χ1v) is 6.74. The number of hydrogen-bond acceptors (Lipinski definition) is 4. The molecule has 0 radical (unpaired) electrons. The molecule has 0 unspecified atom stereocenters. The lowest BCUT2D eigenvalue weighted by Gasteiger charge is -2.25. The van der Waals surface area contributed by atoms with Crippen molar-refractivity contribution in [2.75, 3.05) is 14.2 Å². The fourth-order valence-corrected chi connectivity index (χ4v) is 2.26. The summed E-state index contributed by atoms with van der Waals surface area (Å²) in [5, 5.41) is 5.25. The Labute approximate surface area is 128 Å². The third-order valence-corrected chi connectivity index (χ3v) is 3.32. The predicted molar refractivity (Wildman–Crippen MR) is 82.2 cm³/mol. The maximum atomic E-state index is 11.9. The number of carbonyl (C=O) groups excluding carboxylic acids is 2. The van der Waals surface area contributed by atoms with Gasteiger partial charge in [0.25, 0.3) is 0 Å². The molecule has 0 bridgehead atoms. The maximum absolute atomic E-state index is 11.9. The quantitative estimate of drug-likeness (QED) is 0.832. The molecule has 22 heavy (non-hydrogen) atoms. The van der Waals surface area contributed by atoms with Crippen molar-refractivity contribution in [3.63, 3.8) is 0 Å². The average molecular weight is 302 g/mol. The second-order valence-electron chi connectivity index (χ2n) is 4.71. The summed E-state index contributed by atoms with van der Waals surface area (Å²) < 4.78 is 10.0. The average Bonchev–Trinajstić information content (AvgIpc) is 2.52. The van der Waals surface area contributed by atoms with Gasteiger partial charge in [0.05, 0.1) is 25.8 Å².